The second-order valence-corrected chi connectivity index (χ2v) is 8.32. The molecule has 0 saturated heterocycles. The van der Waals surface area contributed by atoms with Crippen LogP contribution in [0, 0.1) is 5.92 Å². The van der Waals surface area contributed by atoms with Gasteiger partial charge in [0.1, 0.15) is 22.7 Å². The van der Waals surface area contributed by atoms with Crippen LogP contribution in [0.2, 0.25) is 0 Å². The molecule has 142 valence electrons. The van der Waals surface area contributed by atoms with Crippen molar-refractivity contribution in [3.05, 3.63) is 34.4 Å². The first-order valence-electron chi connectivity index (χ1n) is 9.74. The predicted octanol–water partition coefficient (Wildman–Crippen LogP) is 5.43. The van der Waals surface area contributed by atoms with Crippen molar-refractivity contribution in [3.63, 3.8) is 0 Å². The van der Waals surface area contributed by atoms with Crippen LogP contribution in [0.25, 0.3) is 0 Å². The normalized spacial score (nSPS) is 23.5. The van der Waals surface area contributed by atoms with Crippen LogP contribution < -0.4 is 4.74 Å². The van der Waals surface area contributed by atoms with Gasteiger partial charge in [0.25, 0.3) is 0 Å². The maximum absolute atomic E-state index is 11.9. The standard InChI is InChI=1S/C22H30O4/c1-5-6-7-8-14-12-17-19(20(23)18(14)21(24)25)15-11-13(2)9-10-16(15)22(3,4)26-17/h11-12,15-16,23H,5-10H2,1-4H3,(H,24,25). The molecule has 1 aliphatic heterocycles. The van der Waals surface area contributed by atoms with E-state index in [1.807, 2.05) is 6.07 Å². The summed E-state index contributed by atoms with van der Waals surface area (Å²) in [5.41, 5.74) is 2.34. The Labute approximate surface area is 155 Å². The van der Waals surface area contributed by atoms with Gasteiger partial charge in [-0.1, -0.05) is 31.4 Å². The number of aromatic hydroxyl groups is 1. The van der Waals surface area contributed by atoms with Crippen molar-refractivity contribution >= 4 is 5.97 Å². The summed E-state index contributed by atoms with van der Waals surface area (Å²) in [5, 5.41) is 20.7. The monoisotopic (exact) mass is 358 g/mol. The Morgan fingerprint density at radius 1 is 1.35 bits per heavy atom. The summed E-state index contributed by atoms with van der Waals surface area (Å²) < 4.78 is 6.30. The predicted molar refractivity (Wildman–Crippen MR) is 102 cm³/mol. The van der Waals surface area contributed by atoms with Crippen LogP contribution in [-0.4, -0.2) is 21.8 Å². The molecule has 1 heterocycles. The Morgan fingerprint density at radius 2 is 2.08 bits per heavy atom. The number of unbranched alkanes of at least 4 members (excludes halogenated alkanes) is 2. The average Bonchev–Trinajstić information content (AvgIpc) is 2.53. The van der Waals surface area contributed by atoms with Crippen molar-refractivity contribution in [2.24, 2.45) is 5.92 Å². The van der Waals surface area contributed by atoms with Crippen LogP contribution in [-0.2, 0) is 6.42 Å². The molecule has 0 amide bonds. The summed E-state index contributed by atoms with van der Waals surface area (Å²) >= 11 is 0. The van der Waals surface area contributed by atoms with E-state index in [1.165, 1.54) is 5.57 Å². The van der Waals surface area contributed by atoms with Gasteiger partial charge in [-0.25, -0.2) is 4.79 Å². The van der Waals surface area contributed by atoms with E-state index >= 15 is 0 Å². The Morgan fingerprint density at radius 3 is 2.73 bits per heavy atom. The number of carboxylic acids is 1. The van der Waals surface area contributed by atoms with E-state index < -0.39 is 5.97 Å². The second-order valence-electron chi connectivity index (χ2n) is 8.32. The first-order valence-corrected chi connectivity index (χ1v) is 9.74. The lowest BCUT2D eigenvalue weighted by Crippen LogP contribution is -2.45. The molecule has 0 spiro atoms. The fourth-order valence-corrected chi connectivity index (χ4v) is 4.61. The molecule has 2 aliphatic rings. The van der Waals surface area contributed by atoms with Gasteiger partial charge in [0.05, 0.1) is 0 Å². The van der Waals surface area contributed by atoms with Gasteiger partial charge in [0.15, 0.2) is 0 Å². The molecule has 2 atom stereocenters. The highest BCUT2D eigenvalue weighted by molar-refractivity contribution is 5.94. The van der Waals surface area contributed by atoms with Crippen molar-refractivity contribution < 1.29 is 19.7 Å². The average molecular weight is 358 g/mol. The zero-order valence-electron chi connectivity index (χ0n) is 16.3. The van der Waals surface area contributed by atoms with Crippen LogP contribution in [0.4, 0.5) is 0 Å². The van der Waals surface area contributed by atoms with Gasteiger partial charge < -0.3 is 14.9 Å². The summed E-state index contributed by atoms with van der Waals surface area (Å²) in [6, 6.07) is 1.86. The van der Waals surface area contributed by atoms with Gasteiger partial charge >= 0.3 is 5.97 Å². The molecule has 0 radical (unpaired) electrons. The summed E-state index contributed by atoms with van der Waals surface area (Å²) in [5.74, 6) is -0.272. The fourth-order valence-electron chi connectivity index (χ4n) is 4.61. The van der Waals surface area contributed by atoms with Crippen LogP contribution in [0.3, 0.4) is 0 Å². The minimum Gasteiger partial charge on any atom is -0.507 e. The first kappa shape index (κ1) is 18.8. The van der Waals surface area contributed by atoms with Gasteiger partial charge in [-0.05, 0) is 58.1 Å². The number of hydrogen-bond donors (Lipinski definition) is 2. The van der Waals surface area contributed by atoms with Crippen molar-refractivity contribution in [2.45, 2.75) is 77.7 Å². The highest BCUT2D eigenvalue weighted by atomic mass is 16.5. The second kappa shape index (κ2) is 6.98. The Bertz CT molecular complexity index is 745. The lowest BCUT2D eigenvalue weighted by atomic mass is 9.67. The lowest BCUT2D eigenvalue weighted by molar-refractivity contribution is 0.0106. The largest absolute Gasteiger partial charge is 0.507 e. The van der Waals surface area contributed by atoms with Crippen molar-refractivity contribution in [1.29, 1.82) is 0 Å². The van der Waals surface area contributed by atoms with Crippen molar-refractivity contribution in [2.75, 3.05) is 0 Å². The third-order valence-corrected chi connectivity index (χ3v) is 5.99. The fraction of sp³-hybridized carbons (Fsp3) is 0.591. The topological polar surface area (TPSA) is 66.8 Å². The van der Waals surface area contributed by atoms with Crippen molar-refractivity contribution in [1.82, 2.24) is 0 Å². The molecule has 4 nitrogen and oxygen atoms in total. The number of phenols is 1. The van der Waals surface area contributed by atoms with Crippen LogP contribution in [0.5, 0.6) is 11.5 Å². The quantitative estimate of drug-likeness (QED) is 0.544. The van der Waals surface area contributed by atoms with Gasteiger partial charge in [-0.2, -0.15) is 0 Å². The maximum Gasteiger partial charge on any atom is 0.339 e. The SMILES string of the molecule is CCCCCc1cc2c(c(O)c1C(=O)O)C1C=C(C)CCC1C(C)(C)O2. The van der Waals surface area contributed by atoms with E-state index in [9.17, 15) is 15.0 Å². The number of benzene rings is 1. The van der Waals surface area contributed by atoms with E-state index in [4.69, 9.17) is 4.74 Å². The third kappa shape index (κ3) is 3.22. The minimum absolute atomic E-state index is 0.00490. The highest BCUT2D eigenvalue weighted by Crippen LogP contribution is 2.54. The number of carbonyl (C=O) groups is 1. The van der Waals surface area contributed by atoms with E-state index in [0.717, 1.165) is 32.1 Å². The van der Waals surface area contributed by atoms with E-state index in [0.29, 0.717) is 23.3 Å². The Hall–Kier alpha value is -1.97. The molecular weight excluding hydrogens is 328 g/mol. The summed E-state index contributed by atoms with van der Waals surface area (Å²) in [7, 11) is 0. The van der Waals surface area contributed by atoms with Crippen LogP contribution in [0.15, 0.2) is 17.7 Å². The van der Waals surface area contributed by atoms with E-state index in [1.54, 1.807) is 0 Å². The number of allylic oxidation sites excluding steroid dienone is 2. The number of aromatic carboxylic acids is 1. The number of fused-ring (bicyclic) bond motifs is 3. The van der Waals surface area contributed by atoms with Crippen LogP contribution >= 0.6 is 0 Å². The molecule has 26 heavy (non-hydrogen) atoms. The Kier molecular flexibility index (Phi) is 5.05. The van der Waals surface area contributed by atoms with E-state index in [2.05, 4.69) is 33.8 Å². The zero-order valence-corrected chi connectivity index (χ0v) is 16.3. The molecule has 0 bridgehead atoms. The maximum atomic E-state index is 11.9. The molecule has 2 unspecified atom stereocenters. The van der Waals surface area contributed by atoms with E-state index in [-0.39, 0.29) is 28.7 Å². The smallest absolute Gasteiger partial charge is 0.339 e. The third-order valence-electron chi connectivity index (χ3n) is 5.99. The number of rotatable bonds is 5. The number of carboxylic acid groups (broad SMARTS) is 1. The first-order chi connectivity index (χ1) is 12.3. The summed E-state index contributed by atoms with van der Waals surface area (Å²) in [6.07, 6.45) is 7.85. The minimum atomic E-state index is -1.06. The number of hydrogen-bond acceptors (Lipinski definition) is 3. The molecule has 2 N–H and O–H groups in total. The molecule has 4 heteroatoms. The molecule has 1 aliphatic carbocycles. The lowest BCUT2D eigenvalue weighted by Gasteiger charge is -2.46. The van der Waals surface area contributed by atoms with Gasteiger partial charge in [-0.15, -0.1) is 0 Å². The molecular formula is C22H30O4. The Balaban J connectivity index is 2.15. The zero-order chi connectivity index (χ0) is 19.1. The van der Waals surface area contributed by atoms with Gasteiger partial charge in [0.2, 0.25) is 0 Å². The summed E-state index contributed by atoms with van der Waals surface area (Å²) in [4.78, 5) is 11.9. The molecule has 1 aromatic carbocycles. The summed E-state index contributed by atoms with van der Waals surface area (Å²) in [6.45, 7) is 8.42. The molecule has 0 fully saturated rings. The van der Waals surface area contributed by atoms with Crippen LogP contribution in [0.1, 0.15) is 87.2 Å². The molecule has 0 aromatic heterocycles. The van der Waals surface area contributed by atoms with Gasteiger partial charge in [0, 0.05) is 17.4 Å². The van der Waals surface area contributed by atoms with Crippen molar-refractivity contribution in [3.8, 4) is 11.5 Å². The number of aryl methyl sites for hydroxylation is 1. The molecule has 1 aromatic rings. The molecule has 0 saturated carbocycles. The van der Waals surface area contributed by atoms with Gasteiger partial charge in [-0.3, -0.25) is 0 Å². The highest BCUT2D eigenvalue weighted by Gasteiger charge is 2.46. The number of ether oxygens (including phenoxy) is 1. The molecule has 3 rings (SSSR count).